The molecule has 1 rings (SSSR count). The second-order valence-corrected chi connectivity index (χ2v) is 5.06. The van der Waals surface area contributed by atoms with Crippen LogP contribution >= 0.6 is 11.3 Å². The summed E-state index contributed by atoms with van der Waals surface area (Å²) in [6.45, 7) is 1.82. The molecular formula is C11H15N3O4S. The molecule has 7 nitrogen and oxygen atoms in total. The fraction of sp³-hybridized carbons (Fsp3) is 0.455. The van der Waals surface area contributed by atoms with Crippen molar-refractivity contribution in [1.82, 2.24) is 10.3 Å². The van der Waals surface area contributed by atoms with E-state index >= 15 is 0 Å². The molecule has 0 radical (unpaired) electrons. The van der Waals surface area contributed by atoms with Crippen molar-refractivity contribution in [3.63, 3.8) is 0 Å². The highest BCUT2D eigenvalue weighted by atomic mass is 32.1. The summed E-state index contributed by atoms with van der Waals surface area (Å²) >= 11 is 1.42. The van der Waals surface area contributed by atoms with Crippen LogP contribution in [0, 0.1) is 6.92 Å². The van der Waals surface area contributed by atoms with Crippen molar-refractivity contribution >= 4 is 29.1 Å². The molecule has 0 aliphatic heterocycles. The number of amides is 2. The van der Waals surface area contributed by atoms with E-state index in [9.17, 15) is 14.4 Å². The number of aromatic nitrogens is 1. The smallest absolute Gasteiger partial charge is 0.326 e. The van der Waals surface area contributed by atoms with Crippen molar-refractivity contribution in [2.24, 2.45) is 5.73 Å². The van der Waals surface area contributed by atoms with Crippen molar-refractivity contribution in [1.29, 1.82) is 0 Å². The Morgan fingerprint density at radius 2 is 2.21 bits per heavy atom. The van der Waals surface area contributed by atoms with Gasteiger partial charge in [0.25, 0.3) is 0 Å². The first-order chi connectivity index (χ1) is 8.88. The van der Waals surface area contributed by atoms with E-state index in [1.807, 2.05) is 6.92 Å². The Morgan fingerprint density at radius 3 is 2.68 bits per heavy atom. The molecule has 0 spiro atoms. The van der Waals surface area contributed by atoms with Gasteiger partial charge in [0.2, 0.25) is 11.8 Å². The van der Waals surface area contributed by atoms with Crippen LogP contribution in [0.1, 0.15) is 23.5 Å². The molecule has 1 heterocycles. The highest BCUT2D eigenvalue weighted by Crippen LogP contribution is 2.08. The number of hydrogen-bond donors (Lipinski definition) is 3. The van der Waals surface area contributed by atoms with Crippen LogP contribution in [-0.4, -0.2) is 33.9 Å². The van der Waals surface area contributed by atoms with Crippen LogP contribution < -0.4 is 11.1 Å². The number of carbonyl (C=O) groups is 3. The third-order valence-electron chi connectivity index (χ3n) is 2.32. The van der Waals surface area contributed by atoms with Gasteiger partial charge in [0.15, 0.2) is 0 Å². The van der Waals surface area contributed by atoms with Crippen molar-refractivity contribution in [3.05, 3.63) is 16.1 Å². The molecule has 0 unspecified atom stereocenters. The number of carboxylic acids is 1. The lowest BCUT2D eigenvalue weighted by atomic mass is 10.1. The Labute approximate surface area is 113 Å². The first-order valence-electron chi connectivity index (χ1n) is 5.60. The van der Waals surface area contributed by atoms with Gasteiger partial charge >= 0.3 is 5.97 Å². The summed E-state index contributed by atoms with van der Waals surface area (Å²) in [6.07, 6.45) is -0.0930. The molecule has 1 atom stereocenters. The van der Waals surface area contributed by atoms with Crippen LogP contribution in [0.15, 0.2) is 5.38 Å². The van der Waals surface area contributed by atoms with E-state index in [4.69, 9.17) is 10.8 Å². The number of nitrogens with one attached hydrogen (secondary N) is 1. The molecule has 0 saturated heterocycles. The summed E-state index contributed by atoms with van der Waals surface area (Å²) < 4.78 is 0. The summed E-state index contributed by atoms with van der Waals surface area (Å²) in [6, 6.07) is -1.11. The van der Waals surface area contributed by atoms with Gasteiger partial charge in [-0.15, -0.1) is 11.3 Å². The zero-order chi connectivity index (χ0) is 14.4. The van der Waals surface area contributed by atoms with Gasteiger partial charge in [-0.2, -0.15) is 0 Å². The van der Waals surface area contributed by atoms with Gasteiger partial charge in [-0.25, -0.2) is 9.78 Å². The van der Waals surface area contributed by atoms with Gasteiger partial charge < -0.3 is 16.2 Å². The largest absolute Gasteiger partial charge is 0.480 e. The summed E-state index contributed by atoms with van der Waals surface area (Å²) in [4.78, 5) is 37.3. The predicted octanol–water partition coefficient (Wildman–Crippen LogP) is -0.171. The molecule has 104 valence electrons. The minimum atomic E-state index is -1.19. The Kier molecular flexibility index (Phi) is 5.43. The molecule has 4 N–H and O–H groups in total. The zero-order valence-electron chi connectivity index (χ0n) is 10.4. The van der Waals surface area contributed by atoms with Crippen molar-refractivity contribution in [3.8, 4) is 0 Å². The maximum atomic E-state index is 11.7. The van der Waals surface area contributed by atoms with Crippen LogP contribution in [0.3, 0.4) is 0 Å². The van der Waals surface area contributed by atoms with E-state index in [1.165, 1.54) is 11.3 Å². The molecule has 0 aromatic carbocycles. The standard InChI is InChI=1S/C11H15N3O4S/c1-6-13-7(5-19-6)4-10(16)14-8(11(17)18)2-3-9(12)15/h5,8H,2-4H2,1H3,(H2,12,15)(H,14,16)(H,17,18)/t8-/m0/s1. The van der Waals surface area contributed by atoms with Crippen LogP contribution in [-0.2, 0) is 20.8 Å². The summed E-state index contributed by atoms with van der Waals surface area (Å²) in [7, 11) is 0. The second-order valence-electron chi connectivity index (χ2n) is 4.00. The van der Waals surface area contributed by atoms with Crippen LogP contribution in [0.5, 0.6) is 0 Å². The van der Waals surface area contributed by atoms with Crippen molar-refractivity contribution in [2.45, 2.75) is 32.2 Å². The normalized spacial score (nSPS) is 11.8. The highest BCUT2D eigenvalue weighted by Gasteiger charge is 2.20. The Bertz CT molecular complexity index is 486. The molecule has 0 saturated carbocycles. The number of hydrogen-bond acceptors (Lipinski definition) is 5. The van der Waals surface area contributed by atoms with Crippen LogP contribution in [0.2, 0.25) is 0 Å². The number of carbonyl (C=O) groups excluding carboxylic acids is 2. The number of nitrogens with two attached hydrogens (primary N) is 1. The molecule has 19 heavy (non-hydrogen) atoms. The van der Waals surface area contributed by atoms with Gasteiger partial charge in [0.05, 0.1) is 17.1 Å². The summed E-state index contributed by atoms with van der Waals surface area (Å²) in [5, 5.41) is 13.9. The van der Waals surface area contributed by atoms with Crippen LogP contribution in [0.25, 0.3) is 0 Å². The second kappa shape index (κ2) is 6.83. The number of aliphatic carboxylic acids is 1. The fourth-order valence-corrected chi connectivity index (χ4v) is 2.06. The maximum Gasteiger partial charge on any atom is 0.326 e. The Hall–Kier alpha value is -1.96. The lowest BCUT2D eigenvalue weighted by molar-refractivity contribution is -0.142. The van der Waals surface area contributed by atoms with E-state index in [-0.39, 0.29) is 19.3 Å². The first-order valence-corrected chi connectivity index (χ1v) is 6.48. The van der Waals surface area contributed by atoms with Gasteiger partial charge in [-0.05, 0) is 13.3 Å². The lowest BCUT2D eigenvalue weighted by Crippen LogP contribution is -2.42. The molecule has 8 heteroatoms. The van der Waals surface area contributed by atoms with E-state index < -0.39 is 23.8 Å². The van der Waals surface area contributed by atoms with Gasteiger partial charge in [0.1, 0.15) is 6.04 Å². The monoisotopic (exact) mass is 285 g/mol. The van der Waals surface area contributed by atoms with E-state index in [2.05, 4.69) is 10.3 Å². The molecular weight excluding hydrogens is 270 g/mol. The van der Waals surface area contributed by atoms with Crippen molar-refractivity contribution < 1.29 is 19.5 Å². The third-order valence-corrected chi connectivity index (χ3v) is 3.14. The van der Waals surface area contributed by atoms with Gasteiger partial charge in [-0.3, -0.25) is 9.59 Å². The number of carboxylic acid groups (broad SMARTS) is 1. The number of primary amides is 1. The van der Waals surface area contributed by atoms with Gasteiger partial charge in [0, 0.05) is 11.8 Å². The van der Waals surface area contributed by atoms with Crippen molar-refractivity contribution in [2.75, 3.05) is 0 Å². The van der Waals surface area contributed by atoms with E-state index in [1.54, 1.807) is 5.38 Å². The molecule has 2 amide bonds. The maximum absolute atomic E-state index is 11.7. The predicted molar refractivity (Wildman–Crippen MR) is 68.5 cm³/mol. The third kappa shape index (κ3) is 5.47. The lowest BCUT2D eigenvalue weighted by Gasteiger charge is -2.13. The minimum Gasteiger partial charge on any atom is -0.480 e. The topological polar surface area (TPSA) is 122 Å². The molecule has 0 aliphatic rings. The quantitative estimate of drug-likeness (QED) is 0.642. The van der Waals surface area contributed by atoms with Gasteiger partial charge in [-0.1, -0.05) is 0 Å². The molecule has 0 fully saturated rings. The zero-order valence-corrected chi connectivity index (χ0v) is 11.2. The average molecular weight is 285 g/mol. The fourth-order valence-electron chi connectivity index (χ4n) is 1.44. The van der Waals surface area contributed by atoms with Crippen LogP contribution in [0.4, 0.5) is 0 Å². The first kappa shape index (κ1) is 15.1. The average Bonchev–Trinajstić information content (AvgIpc) is 2.69. The molecule has 0 bridgehead atoms. The van der Waals surface area contributed by atoms with E-state index in [0.717, 1.165) is 5.01 Å². The molecule has 0 aliphatic carbocycles. The number of nitrogens with zero attached hydrogens (tertiary/aromatic N) is 1. The number of thiazole rings is 1. The Balaban J connectivity index is 2.51. The van der Waals surface area contributed by atoms with E-state index in [0.29, 0.717) is 5.69 Å². The summed E-state index contributed by atoms with van der Waals surface area (Å²) in [5.74, 6) is -2.23. The SMILES string of the molecule is Cc1nc(CC(=O)N[C@@H](CCC(N)=O)C(=O)O)cs1. The molecule has 1 aromatic rings. The number of rotatable bonds is 7. The summed E-state index contributed by atoms with van der Waals surface area (Å²) in [5.41, 5.74) is 5.54. The Morgan fingerprint density at radius 1 is 1.53 bits per heavy atom. The minimum absolute atomic E-state index is 0.0185. The molecule has 1 aromatic heterocycles. The number of aryl methyl sites for hydroxylation is 1. The highest BCUT2D eigenvalue weighted by molar-refractivity contribution is 7.09.